The number of esters is 1. The van der Waals surface area contributed by atoms with E-state index in [0.29, 0.717) is 13.0 Å². The van der Waals surface area contributed by atoms with Crippen molar-refractivity contribution >= 4 is 11.9 Å². The molecule has 0 unspecified atom stereocenters. The third-order valence-electron chi connectivity index (χ3n) is 2.65. The summed E-state index contributed by atoms with van der Waals surface area (Å²) in [4.78, 5) is 25.0. The fourth-order valence-electron chi connectivity index (χ4n) is 1.98. The highest BCUT2D eigenvalue weighted by molar-refractivity contribution is 5.88. The van der Waals surface area contributed by atoms with Gasteiger partial charge in [-0.05, 0) is 27.2 Å². The molecule has 0 aliphatic carbocycles. The van der Waals surface area contributed by atoms with Gasteiger partial charge in [-0.15, -0.1) is 0 Å². The molecule has 0 aromatic carbocycles. The van der Waals surface area contributed by atoms with E-state index in [1.165, 1.54) is 4.90 Å². The van der Waals surface area contributed by atoms with E-state index in [1.807, 2.05) is 0 Å². The third kappa shape index (κ3) is 3.96. The molecule has 2 N–H and O–H groups in total. The number of likely N-dealkylation sites (tertiary alicyclic amines) is 1. The SMILES string of the molecule is COC[C@@H]1C[C@H](N)C(=O)N1CC(=O)OC(C)(C)C. The van der Waals surface area contributed by atoms with Crippen LogP contribution in [0.5, 0.6) is 0 Å². The minimum atomic E-state index is -0.557. The van der Waals surface area contributed by atoms with Crippen LogP contribution in [0.1, 0.15) is 27.2 Å². The molecular formula is C12H22N2O4. The molecule has 1 heterocycles. The number of carbonyl (C=O) groups is 2. The Balaban J connectivity index is 2.62. The number of hydrogen-bond donors (Lipinski definition) is 1. The van der Waals surface area contributed by atoms with E-state index in [-0.39, 0.29) is 18.5 Å². The Morgan fingerprint density at radius 3 is 2.61 bits per heavy atom. The van der Waals surface area contributed by atoms with Crippen molar-refractivity contribution in [1.29, 1.82) is 0 Å². The first-order chi connectivity index (χ1) is 8.24. The van der Waals surface area contributed by atoms with Crippen LogP contribution in [0.15, 0.2) is 0 Å². The quantitative estimate of drug-likeness (QED) is 0.712. The summed E-state index contributed by atoms with van der Waals surface area (Å²) >= 11 is 0. The second kappa shape index (κ2) is 5.67. The van der Waals surface area contributed by atoms with Crippen LogP contribution in [0.25, 0.3) is 0 Å². The smallest absolute Gasteiger partial charge is 0.326 e. The van der Waals surface area contributed by atoms with Gasteiger partial charge in [0.15, 0.2) is 0 Å². The third-order valence-corrected chi connectivity index (χ3v) is 2.65. The van der Waals surface area contributed by atoms with E-state index in [0.717, 1.165) is 0 Å². The second-order valence-electron chi connectivity index (χ2n) is 5.50. The van der Waals surface area contributed by atoms with E-state index in [1.54, 1.807) is 27.9 Å². The van der Waals surface area contributed by atoms with Crippen molar-refractivity contribution in [2.24, 2.45) is 5.73 Å². The van der Waals surface area contributed by atoms with Gasteiger partial charge >= 0.3 is 5.97 Å². The molecule has 1 fully saturated rings. The van der Waals surface area contributed by atoms with Crippen molar-refractivity contribution in [1.82, 2.24) is 4.90 Å². The number of nitrogens with zero attached hydrogens (tertiary/aromatic N) is 1. The molecular weight excluding hydrogens is 236 g/mol. The zero-order valence-corrected chi connectivity index (χ0v) is 11.4. The van der Waals surface area contributed by atoms with E-state index in [4.69, 9.17) is 15.2 Å². The summed E-state index contributed by atoms with van der Waals surface area (Å²) in [6.45, 7) is 5.67. The van der Waals surface area contributed by atoms with Gasteiger partial charge in [0.2, 0.25) is 5.91 Å². The molecule has 0 aromatic rings. The van der Waals surface area contributed by atoms with E-state index in [2.05, 4.69) is 0 Å². The first kappa shape index (κ1) is 14.9. The van der Waals surface area contributed by atoms with Gasteiger partial charge in [-0.25, -0.2) is 0 Å². The average molecular weight is 258 g/mol. The number of amides is 1. The Labute approximate surface area is 107 Å². The summed E-state index contributed by atoms with van der Waals surface area (Å²) in [7, 11) is 1.56. The molecule has 104 valence electrons. The van der Waals surface area contributed by atoms with E-state index >= 15 is 0 Å². The van der Waals surface area contributed by atoms with Crippen LogP contribution < -0.4 is 5.73 Å². The first-order valence-corrected chi connectivity index (χ1v) is 6.01. The molecule has 2 atom stereocenters. The molecule has 1 saturated heterocycles. The van der Waals surface area contributed by atoms with Crippen molar-refractivity contribution in [3.63, 3.8) is 0 Å². The Hall–Kier alpha value is -1.14. The van der Waals surface area contributed by atoms with E-state index in [9.17, 15) is 9.59 Å². The van der Waals surface area contributed by atoms with Gasteiger partial charge in [-0.1, -0.05) is 0 Å². The molecule has 1 rings (SSSR count). The molecule has 0 saturated carbocycles. The molecule has 0 radical (unpaired) electrons. The lowest BCUT2D eigenvalue weighted by molar-refractivity contribution is -0.159. The summed E-state index contributed by atoms with van der Waals surface area (Å²) in [5, 5.41) is 0. The molecule has 6 nitrogen and oxygen atoms in total. The highest BCUT2D eigenvalue weighted by Gasteiger charge is 2.38. The number of nitrogens with two attached hydrogens (primary N) is 1. The Bertz CT molecular complexity index is 325. The van der Waals surface area contributed by atoms with Crippen LogP contribution in [0.3, 0.4) is 0 Å². The van der Waals surface area contributed by atoms with Crippen molar-refractivity contribution < 1.29 is 19.1 Å². The molecule has 0 bridgehead atoms. The second-order valence-corrected chi connectivity index (χ2v) is 5.50. The van der Waals surface area contributed by atoms with Gasteiger partial charge in [0.05, 0.1) is 18.7 Å². The fraction of sp³-hybridized carbons (Fsp3) is 0.833. The molecule has 0 aromatic heterocycles. The van der Waals surface area contributed by atoms with Crippen molar-refractivity contribution in [2.75, 3.05) is 20.3 Å². The summed E-state index contributed by atoms with van der Waals surface area (Å²) in [5.74, 6) is -0.644. The summed E-state index contributed by atoms with van der Waals surface area (Å²) in [5.41, 5.74) is 5.14. The van der Waals surface area contributed by atoms with Gasteiger partial charge in [0.1, 0.15) is 12.1 Å². The van der Waals surface area contributed by atoms with Gasteiger partial charge in [-0.3, -0.25) is 9.59 Å². The molecule has 1 aliphatic rings. The number of carbonyl (C=O) groups excluding carboxylic acids is 2. The number of rotatable bonds is 4. The number of ether oxygens (including phenoxy) is 2. The minimum absolute atomic E-state index is 0.0716. The zero-order valence-electron chi connectivity index (χ0n) is 11.4. The van der Waals surface area contributed by atoms with Gasteiger partial charge in [-0.2, -0.15) is 0 Å². The van der Waals surface area contributed by atoms with Crippen LogP contribution in [0, 0.1) is 0 Å². The molecule has 1 amide bonds. The van der Waals surface area contributed by atoms with Crippen molar-refractivity contribution in [2.45, 2.75) is 44.9 Å². The maximum Gasteiger partial charge on any atom is 0.326 e. The largest absolute Gasteiger partial charge is 0.459 e. The Morgan fingerprint density at radius 2 is 2.11 bits per heavy atom. The normalized spacial score (nSPS) is 24.5. The minimum Gasteiger partial charge on any atom is -0.459 e. The van der Waals surface area contributed by atoms with Crippen molar-refractivity contribution in [3.8, 4) is 0 Å². The van der Waals surface area contributed by atoms with Crippen LogP contribution >= 0.6 is 0 Å². The van der Waals surface area contributed by atoms with Crippen molar-refractivity contribution in [3.05, 3.63) is 0 Å². The summed E-state index contributed by atoms with van der Waals surface area (Å²) in [6.07, 6.45) is 0.509. The lowest BCUT2D eigenvalue weighted by atomic mass is 10.2. The van der Waals surface area contributed by atoms with Gasteiger partial charge < -0.3 is 20.1 Å². The predicted molar refractivity (Wildman–Crippen MR) is 65.8 cm³/mol. The standard InChI is InChI=1S/C12H22N2O4/c1-12(2,3)18-10(15)6-14-8(7-17-4)5-9(13)11(14)16/h8-9H,5-7,13H2,1-4H3/t8-,9-/m0/s1. The summed E-state index contributed by atoms with van der Waals surface area (Å²) in [6, 6.07) is -0.697. The number of hydrogen-bond acceptors (Lipinski definition) is 5. The number of methoxy groups -OCH3 is 1. The first-order valence-electron chi connectivity index (χ1n) is 6.01. The zero-order chi connectivity index (χ0) is 13.9. The fourth-order valence-corrected chi connectivity index (χ4v) is 1.98. The van der Waals surface area contributed by atoms with Crippen LogP contribution in [0.4, 0.5) is 0 Å². The maximum absolute atomic E-state index is 11.8. The molecule has 6 heteroatoms. The van der Waals surface area contributed by atoms with E-state index < -0.39 is 17.6 Å². The van der Waals surface area contributed by atoms with Crippen LogP contribution in [-0.2, 0) is 19.1 Å². The predicted octanol–water partition coefficient (Wildman–Crippen LogP) is -0.0973. The van der Waals surface area contributed by atoms with Gasteiger partial charge in [0, 0.05) is 7.11 Å². The Kier molecular flexibility index (Phi) is 4.70. The lowest BCUT2D eigenvalue weighted by Crippen LogP contribution is -2.43. The highest BCUT2D eigenvalue weighted by Crippen LogP contribution is 2.19. The highest BCUT2D eigenvalue weighted by atomic mass is 16.6. The van der Waals surface area contributed by atoms with Crippen LogP contribution in [0.2, 0.25) is 0 Å². The van der Waals surface area contributed by atoms with Gasteiger partial charge in [0.25, 0.3) is 0 Å². The van der Waals surface area contributed by atoms with Crippen LogP contribution in [-0.4, -0.2) is 54.7 Å². The molecule has 1 aliphatic heterocycles. The average Bonchev–Trinajstić information content (AvgIpc) is 2.44. The maximum atomic E-state index is 11.8. The molecule has 18 heavy (non-hydrogen) atoms. The molecule has 0 spiro atoms. The monoisotopic (exact) mass is 258 g/mol. The Morgan fingerprint density at radius 1 is 1.50 bits per heavy atom. The summed E-state index contributed by atoms with van der Waals surface area (Å²) < 4.78 is 10.2. The lowest BCUT2D eigenvalue weighted by Gasteiger charge is -2.26. The topological polar surface area (TPSA) is 81.9 Å².